The Hall–Kier alpha value is -1.89. The van der Waals surface area contributed by atoms with Crippen LogP contribution in [0.5, 0.6) is 0 Å². The van der Waals surface area contributed by atoms with E-state index in [1.807, 2.05) is 30.5 Å². The maximum atomic E-state index is 10.7. The molecule has 2 aromatic heterocycles. The lowest BCUT2D eigenvalue weighted by atomic mass is 10.1. The molecule has 2 aromatic rings. The van der Waals surface area contributed by atoms with Crippen molar-refractivity contribution < 1.29 is 9.90 Å². The second-order valence-electron chi connectivity index (χ2n) is 4.90. The summed E-state index contributed by atoms with van der Waals surface area (Å²) in [5.41, 5.74) is 1.20. The summed E-state index contributed by atoms with van der Waals surface area (Å²) >= 11 is 1.21. The van der Waals surface area contributed by atoms with E-state index in [1.165, 1.54) is 17.3 Å². The number of carboxylic acids is 1. The second-order valence-corrected chi connectivity index (χ2v) is 5.84. The molecular weight excluding hydrogens is 288 g/mol. The summed E-state index contributed by atoms with van der Waals surface area (Å²) in [5.74, 6) is 0.0289. The molecule has 0 aliphatic rings. The number of aryl methyl sites for hydroxylation is 2. The van der Waals surface area contributed by atoms with Crippen LogP contribution in [0.3, 0.4) is 0 Å². The molecule has 2 heterocycles. The lowest BCUT2D eigenvalue weighted by molar-refractivity contribution is -0.133. The van der Waals surface area contributed by atoms with Gasteiger partial charge in [-0.15, -0.1) is 10.2 Å². The first-order chi connectivity index (χ1) is 10.1. The Morgan fingerprint density at radius 2 is 2.00 bits per heavy atom. The van der Waals surface area contributed by atoms with Crippen molar-refractivity contribution in [2.75, 3.05) is 5.75 Å². The van der Waals surface area contributed by atoms with Gasteiger partial charge >= 0.3 is 5.97 Å². The number of aliphatic carboxylic acids is 1. The van der Waals surface area contributed by atoms with E-state index >= 15 is 0 Å². The van der Waals surface area contributed by atoms with Crippen LogP contribution < -0.4 is 0 Å². The van der Waals surface area contributed by atoms with Gasteiger partial charge in [0.2, 0.25) is 0 Å². The predicted molar refractivity (Wildman–Crippen MR) is 80.4 cm³/mol. The number of rotatable bonds is 7. The number of thioether (sulfide) groups is 1. The molecule has 1 N–H and O–H groups in total. The molecule has 0 aliphatic carbocycles. The molecule has 0 amide bonds. The average Bonchev–Trinajstić information content (AvgIpc) is 2.87. The van der Waals surface area contributed by atoms with Crippen LogP contribution >= 0.6 is 11.8 Å². The first kappa shape index (κ1) is 15.5. The monoisotopic (exact) mass is 306 g/mol. The molecule has 112 valence electrons. The fraction of sp³-hybridized carbons (Fsp3) is 0.429. The number of carbonyl (C=O) groups is 1. The van der Waals surface area contributed by atoms with Gasteiger partial charge < -0.3 is 9.67 Å². The zero-order valence-corrected chi connectivity index (χ0v) is 12.9. The van der Waals surface area contributed by atoms with Crippen LogP contribution in [0.2, 0.25) is 0 Å². The molecule has 7 heteroatoms. The van der Waals surface area contributed by atoms with Gasteiger partial charge in [-0.05, 0) is 38.0 Å². The highest BCUT2D eigenvalue weighted by atomic mass is 32.2. The lowest BCUT2D eigenvalue weighted by Gasteiger charge is -2.13. The molecule has 0 bridgehead atoms. The Morgan fingerprint density at radius 3 is 2.62 bits per heavy atom. The van der Waals surface area contributed by atoms with Gasteiger partial charge in [-0.1, -0.05) is 11.8 Å². The van der Waals surface area contributed by atoms with Crippen molar-refractivity contribution in [1.29, 1.82) is 0 Å². The number of aromatic nitrogens is 4. The Kier molecular flexibility index (Phi) is 5.32. The molecule has 0 atom stereocenters. The first-order valence-electron chi connectivity index (χ1n) is 6.75. The van der Waals surface area contributed by atoms with Crippen molar-refractivity contribution in [3.63, 3.8) is 0 Å². The molecule has 0 saturated heterocycles. The number of hydrogen-bond donors (Lipinski definition) is 1. The van der Waals surface area contributed by atoms with Crippen LogP contribution in [0, 0.1) is 0 Å². The number of pyridine rings is 1. The Labute approximate surface area is 127 Å². The summed E-state index contributed by atoms with van der Waals surface area (Å²) in [4.78, 5) is 14.7. The maximum absolute atomic E-state index is 10.7. The van der Waals surface area contributed by atoms with E-state index in [1.54, 1.807) is 12.4 Å². The number of carboxylic acid groups (broad SMARTS) is 1. The van der Waals surface area contributed by atoms with E-state index in [9.17, 15) is 4.79 Å². The highest BCUT2D eigenvalue weighted by molar-refractivity contribution is 7.99. The fourth-order valence-electron chi connectivity index (χ4n) is 2.03. The third-order valence-corrected chi connectivity index (χ3v) is 3.89. The summed E-state index contributed by atoms with van der Waals surface area (Å²) in [6.45, 7) is 4.09. The van der Waals surface area contributed by atoms with Crippen LogP contribution in [0.15, 0.2) is 29.7 Å². The van der Waals surface area contributed by atoms with E-state index < -0.39 is 5.97 Å². The summed E-state index contributed by atoms with van der Waals surface area (Å²) < 4.78 is 2.01. The van der Waals surface area contributed by atoms with Gasteiger partial charge in [-0.3, -0.25) is 9.78 Å². The van der Waals surface area contributed by atoms with Crippen LogP contribution in [-0.2, 0) is 17.6 Å². The van der Waals surface area contributed by atoms with Crippen molar-refractivity contribution in [2.45, 2.75) is 37.9 Å². The highest BCUT2D eigenvalue weighted by Gasteiger charge is 2.16. The van der Waals surface area contributed by atoms with E-state index in [-0.39, 0.29) is 11.8 Å². The van der Waals surface area contributed by atoms with Gasteiger partial charge in [0.25, 0.3) is 0 Å². The Balaban J connectivity index is 2.10. The summed E-state index contributed by atoms with van der Waals surface area (Å²) in [5, 5.41) is 17.8. The van der Waals surface area contributed by atoms with E-state index in [0.29, 0.717) is 5.16 Å². The van der Waals surface area contributed by atoms with Crippen LogP contribution in [0.4, 0.5) is 0 Å². The van der Waals surface area contributed by atoms with Crippen molar-refractivity contribution in [2.24, 2.45) is 0 Å². The molecular formula is C14H18N4O2S. The van der Waals surface area contributed by atoms with Crippen LogP contribution in [0.25, 0.3) is 0 Å². The van der Waals surface area contributed by atoms with Gasteiger partial charge in [0, 0.05) is 24.9 Å². The SMILES string of the molecule is CC(C)n1c(CCc2ccncc2)nnc1SCC(=O)O. The lowest BCUT2D eigenvalue weighted by Crippen LogP contribution is -2.10. The van der Waals surface area contributed by atoms with Gasteiger partial charge in [0.15, 0.2) is 5.16 Å². The first-order valence-corrected chi connectivity index (χ1v) is 7.73. The van der Waals surface area contributed by atoms with Crippen molar-refractivity contribution in [3.05, 3.63) is 35.9 Å². The largest absolute Gasteiger partial charge is 0.481 e. The standard InChI is InChI=1S/C14H18N4O2S/c1-10(2)18-12(4-3-11-5-7-15-8-6-11)16-17-14(18)21-9-13(19)20/h5-8,10H,3-4,9H2,1-2H3,(H,19,20). The third kappa shape index (κ3) is 4.29. The molecule has 0 unspecified atom stereocenters. The van der Waals surface area contributed by atoms with Gasteiger partial charge in [0.05, 0.1) is 5.75 Å². The zero-order valence-electron chi connectivity index (χ0n) is 12.1. The van der Waals surface area contributed by atoms with Gasteiger partial charge in [-0.25, -0.2) is 0 Å². The quantitative estimate of drug-likeness (QED) is 0.790. The van der Waals surface area contributed by atoms with Crippen LogP contribution in [0.1, 0.15) is 31.3 Å². The fourth-order valence-corrected chi connectivity index (χ4v) is 2.83. The van der Waals surface area contributed by atoms with Crippen molar-refractivity contribution in [1.82, 2.24) is 19.7 Å². The Bertz CT molecular complexity index is 598. The molecule has 6 nitrogen and oxygen atoms in total. The smallest absolute Gasteiger partial charge is 0.313 e. The van der Waals surface area contributed by atoms with E-state index in [4.69, 9.17) is 5.11 Å². The molecule has 0 fully saturated rings. The maximum Gasteiger partial charge on any atom is 0.313 e. The van der Waals surface area contributed by atoms with Crippen molar-refractivity contribution >= 4 is 17.7 Å². The molecule has 0 radical (unpaired) electrons. The van der Waals surface area contributed by atoms with Gasteiger partial charge in [0.1, 0.15) is 5.82 Å². The molecule has 0 aliphatic heterocycles. The van der Waals surface area contributed by atoms with Gasteiger partial charge in [-0.2, -0.15) is 0 Å². The van der Waals surface area contributed by atoms with E-state index in [0.717, 1.165) is 18.7 Å². The topological polar surface area (TPSA) is 80.9 Å². The summed E-state index contributed by atoms with van der Waals surface area (Å²) in [6, 6.07) is 4.16. The molecule has 0 aromatic carbocycles. The number of hydrogen-bond acceptors (Lipinski definition) is 5. The molecule has 0 spiro atoms. The number of nitrogens with zero attached hydrogens (tertiary/aromatic N) is 4. The highest BCUT2D eigenvalue weighted by Crippen LogP contribution is 2.22. The molecule has 21 heavy (non-hydrogen) atoms. The predicted octanol–water partition coefficient (Wildman–Crippen LogP) is 2.22. The molecule has 0 saturated carbocycles. The summed E-state index contributed by atoms with van der Waals surface area (Å²) in [6.07, 6.45) is 5.17. The van der Waals surface area contributed by atoms with Crippen molar-refractivity contribution in [3.8, 4) is 0 Å². The normalized spacial score (nSPS) is 11.0. The molecule has 2 rings (SSSR count). The second kappa shape index (κ2) is 7.21. The Morgan fingerprint density at radius 1 is 1.29 bits per heavy atom. The van der Waals surface area contributed by atoms with Crippen LogP contribution in [-0.4, -0.2) is 36.6 Å². The van der Waals surface area contributed by atoms with E-state index in [2.05, 4.69) is 15.2 Å². The third-order valence-electron chi connectivity index (χ3n) is 2.96. The minimum Gasteiger partial charge on any atom is -0.481 e. The minimum absolute atomic E-state index is 0.00475. The minimum atomic E-state index is -0.850. The average molecular weight is 306 g/mol. The summed E-state index contributed by atoms with van der Waals surface area (Å²) in [7, 11) is 0. The zero-order chi connectivity index (χ0) is 15.2.